The van der Waals surface area contributed by atoms with Crippen molar-refractivity contribution < 1.29 is 24.2 Å². The lowest BCUT2D eigenvalue weighted by molar-refractivity contribution is -0.137. The molecule has 1 atom stereocenters. The summed E-state index contributed by atoms with van der Waals surface area (Å²) < 4.78 is 13.8. The van der Waals surface area contributed by atoms with Crippen molar-refractivity contribution in [3.8, 4) is 23.0 Å². The Morgan fingerprint density at radius 3 is 2.57 bits per heavy atom. The van der Waals surface area contributed by atoms with Crippen LogP contribution >= 0.6 is 27.7 Å². The number of rotatable bonds is 8. The van der Waals surface area contributed by atoms with Gasteiger partial charge in [0.25, 0.3) is 0 Å². The van der Waals surface area contributed by atoms with E-state index < -0.39 is 17.6 Å². The molecule has 2 amide bonds. The van der Waals surface area contributed by atoms with Gasteiger partial charge in [-0.3, -0.25) is 4.79 Å². The highest BCUT2D eigenvalue weighted by Crippen LogP contribution is 2.43. The van der Waals surface area contributed by atoms with E-state index in [0.717, 1.165) is 28.6 Å². The molecule has 4 aliphatic rings. The largest absolute Gasteiger partial charge is 0.465 e. The van der Waals surface area contributed by atoms with Crippen LogP contribution in [-0.2, 0) is 11.3 Å². The summed E-state index contributed by atoms with van der Waals surface area (Å²) >= 11 is 5.00. The van der Waals surface area contributed by atoms with Crippen LogP contribution in [0.3, 0.4) is 0 Å². The Hall–Kier alpha value is -3.26. The van der Waals surface area contributed by atoms with Gasteiger partial charge in [0.2, 0.25) is 12.7 Å². The quantitative estimate of drug-likeness (QED) is 0.336. The molecule has 5 rings (SSSR count). The van der Waals surface area contributed by atoms with Gasteiger partial charge < -0.3 is 34.7 Å². The van der Waals surface area contributed by atoms with Crippen LogP contribution in [-0.4, -0.2) is 78.4 Å². The van der Waals surface area contributed by atoms with Gasteiger partial charge in [-0.15, -0.1) is 0 Å². The number of imidazole rings is 1. The standard InChI is InChI=1S/C28H36BrN7O5S/c1-16(13-36(27(38)39)28(2,3)4)25(37)34-8-5-17(6-9-34)7-10-35-14-31-23(30)22-24(35)33-26(32-22)42-21-12-20-19(11-18(21)29)40-15-41-20/h11-12,14,16-17H,5-10,13,15,30H2,1-4H3,(H,38,39)/t16-/m1/s1. The van der Waals surface area contributed by atoms with Gasteiger partial charge in [0.05, 0.1) is 12.2 Å². The van der Waals surface area contributed by atoms with Gasteiger partial charge >= 0.3 is 6.09 Å². The molecule has 226 valence electrons. The first kappa shape index (κ1) is 30.2. The monoisotopic (exact) mass is 661 g/mol. The topological polar surface area (TPSA) is 149 Å². The van der Waals surface area contributed by atoms with E-state index in [9.17, 15) is 14.7 Å². The lowest BCUT2D eigenvalue weighted by atomic mass is 9.92. The highest BCUT2D eigenvalue weighted by molar-refractivity contribution is 9.10. The van der Waals surface area contributed by atoms with Crippen LogP contribution in [0, 0.1) is 11.8 Å². The zero-order valence-corrected chi connectivity index (χ0v) is 26.6. The minimum atomic E-state index is -1.01. The number of hydrogen-bond acceptors (Lipinski definition) is 9. The van der Waals surface area contributed by atoms with Crippen molar-refractivity contribution in [1.82, 2.24) is 29.3 Å². The molecule has 0 bridgehead atoms. The molecule has 4 heterocycles. The lowest BCUT2D eigenvalue weighted by Crippen LogP contribution is -2.50. The number of nitrogens with two attached hydrogens (primary N) is 1. The molecule has 1 aromatic rings. The predicted molar refractivity (Wildman–Crippen MR) is 161 cm³/mol. The number of anilines is 1. The predicted octanol–water partition coefficient (Wildman–Crippen LogP) is 5.05. The lowest BCUT2D eigenvalue weighted by Gasteiger charge is -2.37. The molecule has 14 heteroatoms. The van der Waals surface area contributed by atoms with E-state index in [1.165, 1.54) is 16.7 Å². The van der Waals surface area contributed by atoms with Gasteiger partial charge in [-0.05, 0) is 85.8 Å². The molecule has 0 aromatic heterocycles. The number of nitrogens with zero attached hydrogens (tertiary/aromatic N) is 6. The van der Waals surface area contributed by atoms with Crippen LogP contribution < -0.4 is 15.2 Å². The van der Waals surface area contributed by atoms with E-state index in [2.05, 4.69) is 25.9 Å². The zero-order chi connectivity index (χ0) is 30.2. The average molecular weight is 663 g/mol. The number of ether oxygens (including phenoxy) is 2. The number of nitrogen functional groups attached to an aromatic ring is 1. The number of hydrogen-bond donors (Lipinski definition) is 2. The smallest absolute Gasteiger partial charge is 0.407 e. The number of amides is 2. The molecule has 4 aliphatic heterocycles. The first-order valence-corrected chi connectivity index (χ1v) is 15.6. The van der Waals surface area contributed by atoms with Gasteiger partial charge in [0, 0.05) is 41.1 Å². The zero-order valence-electron chi connectivity index (χ0n) is 24.2. The Kier molecular flexibility index (Phi) is 8.74. The van der Waals surface area contributed by atoms with E-state index in [1.807, 2.05) is 49.3 Å². The fourth-order valence-corrected chi connectivity index (χ4v) is 6.64. The Labute approximate surface area is 257 Å². The maximum Gasteiger partial charge on any atom is 0.407 e. The number of benzene rings is 1. The van der Waals surface area contributed by atoms with E-state index in [-0.39, 0.29) is 19.2 Å². The van der Waals surface area contributed by atoms with Gasteiger partial charge in [-0.1, -0.05) is 6.92 Å². The number of carbonyl (C=O) groups is 2. The number of carbonyl (C=O) groups excluding carboxylic acids is 1. The van der Waals surface area contributed by atoms with E-state index >= 15 is 0 Å². The van der Waals surface area contributed by atoms with Crippen molar-refractivity contribution in [3.63, 3.8) is 0 Å². The summed E-state index contributed by atoms with van der Waals surface area (Å²) in [6.45, 7) is 9.74. The fraction of sp³-hybridized carbons (Fsp3) is 0.536. The summed E-state index contributed by atoms with van der Waals surface area (Å²) in [5.41, 5.74) is 6.16. The maximum absolute atomic E-state index is 13.1. The second-order valence-corrected chi connectivity index (χ2v) is 13.6. The number of likely N-dealkylation sites (tertiary alicyclic amines) is 1. The van der Waals surface area contributed by atoms with E-state index in [4.69, 9.17) is 20.2 Å². The number of carboxylic acid groups (broad SMARTS) is 1. The molecule has 1 fully saturated rings. The van der Waals surface area contributed by atoms with Crippen molar-refractivity contribution in [1.29, 1.82) is 0 Å². The average Bonchev–Trinajstić information content (AvgIpc) is 3.58. The first-order chi connectivity index (χ1) is 19.9. The molecule has 42 heavy (non-hydrogen) atoms. The Morgan fingerprint density at radius 1 is 1.21 bits per heavy atom. The highest BCUT2D eigenvalue weighted by atomic mass is 79.9. The SMILES string of the molecule is C[C@H](CN(C(=O)O)C(C)(C)C)C(=O)N1CCC(CCn2cnc(N)c3nc(Sc4cc5c(cc4Br)OCO5)nc2-3)CC1. The van der Waals surface area contributed by atoms with Crippen LogP contribution in [0.25, 0.3) is 11.5 Å². The van der Waals surface area contributed by atoms with Crippen molar-refractivity contribution in [3.05, 3.63) is 22.9 Å². The molecule has 0 spiro atoms. The first-order valence-electron chi connectivity index (χ1n) is 14.0. The highest BCUT2D eigenvalue weighted by Gasteiger charge is 2.32. The van der Waals surface area contributed by atoms with Gasteiger partial charge in [0.15, 0.2) is 34.0 Å². The van der Waals surface area contributed by atoms with Gasteiger partial charge in [0.1, 0.15) is 0 Å². The normalized spacial score (nSPS) is 16.2. The van der Waals surface area contributed by atoms with Crippen LogP contribution in [0.2, 0.25) is 0 Å². The summed E-state index contributed by atoms with van der Waals surface area (Å²) in [6.07, 6.45) is 3.38. The molecule has 12 nitrogen and oxygen atoms in total. The molecule has 0 aliphatic carbocycles. The Balaban J connectivity index is 1.18. The summed E-state index contributed by atoms with van der Waals surface area (Å²) in [6, 6.07) is 3.78. The number of aromatic nitrogens is 4. The molecule has 0 unspecified atom stereocenters. The fourth-order valence-electron chi connectivity index (χ4n) is 5.28. The number of piperidine rings is 1. The number of halogens is 1. The molecular formula is C28H36BrN7O5S. The second kappa shape index (κ2) is 12.2. The third-order valence-electron chi connectivity index (χ3n) is 7.72. The maximum atomic E-state index is 13.1. The van der Waals surface area contributed by atoms with E-state index in [0.29, 0.717) is 59.5 Å². The Bertz CT molecular complexity index is 1440. The molecule has 0 radical (unpaired) electrons. The molecule has 1 aromatic carbocycles. The molecule has 1 saturated heterocycles. The molecule has 0 saturated carbocycles. The molecular weight excluding hydrogens is 626 g/mol. The third-order valence-corrected chi connectivity index (χ3v) is 9.56. The van der Waals surface area contributed by atoms with Crippen LogP contribution in [0.1, 0.15) is 47.0 Å². The van der Waals surface area contributed by atoms with E-state index in [1.54, 1.807) is 6.33 Å². The summed E-state index contributed by atoms with van der Waals surface area (Å²) in [4.78, 5) is 42.7. The van der Waals surface area contributed by atoms with Crippen molar-refractivity contribution >= 4 is 45.5 Å². The summed E-state index contributed by atoms with van der Waals surface area (Å²) in [5.74, 6) is 2.45. The van der Waals surface area contributed by atoms with Crippen molar-refractivity contribution in [2.75, 3.05) is 32.2 Å². The Morgan fingerprint density at radius 2 is 1.90 bits per heavy atom. The van der Waals surface area contributed by atoms with Gasteiger partial charge in [-0.2, -0.15) is 0 Å². The number of fused-ring (bicyclic) bond motifs is 2. The number of aryl methyl sites for hydroxylation is 1. The second-order valence-electron chi connectivity index (χ2n) is 11.8. The molecule has 3 N–H and O–H groups in total. The third kappa shape index (κ3) is 6.54. The summed E-state index contributed by atoms with van der Waals surface area (Å²) in [7, 11) is 0. The van der Waals surface area contributed by atoms with Crippen LogP contribution in [0.5, 0.6) is 11.5 Å². The van der Waals surface area contributed by atoms with Crippen LogP contribution in [0.15, 0.2) is 33.0 Å². The summed E-state index contributed by atoms with van der Waals surface area (Å²) in [5, 5.41) is 10.2. The minimum absolute atomic E-state index is 0.00829. The van der Waals surface area contributed by atoms with Crippen molar-refractivity contribution in [2.45, 2.75) is 69.1 Å². The van der Waals surface area contributed by atoms with Crippen molar-refractivity contribution in [2.24, 2.45) is 11.8 Å². The van der Waals surface area contributed by atoms with Gasteiger partial charge in [-0.25, -0.2) is 19.7 Å². The van der Waals surface area contributed by atoms with Crippen LogP contribution in [0.4, 0.5) is 10.6 Å². The minimum Gasteiger partial charge on any atom is -0.465 e.